The summed E-state index contributed by atoms with van der Waals surface area (Å²) in [5, 5.41) is 13.1. The maximum absolute atomic E-state index is 9.76. The van der Waals surface area contributed by atoms with E-state index in [0.29, 0.717) is 0 Å². The number of benzene rings is 1. The minimum Gasteiger partial charge on any atom is -0.396 e. The normalized spacial score (nSPS) is 19.3. The van der Waals surface area contributed by atoms with Gasteiger partial charge in [-0.1, -0.05) is 12.5 Å². The van der Waals surface area contributed by atoms with Crippen LogP contribution in [0.1, 0.15) is 36.7 Å². The average molecular weight is 259 g/mol. The number of nitrogens with zero attached hydrogens (tertiary/aromatic N) is 1. The summed E-state index contributed by atoms with van der Waals surface area (Å²) in [6.45, 7) is 2.22. The van der Waals surface area contributed by atoms with Gasteiger partial charge >= 0.3 is 0 Å². The average Bonchev–Trinajstić information content (AvgIpc) is 2.72. The molecule has 1 atom stereocenters. The van der Waals surface area contributed by atoms with Gasteiger partial charge in [0.05, 0.1) is 17.6 Å². The van der Waals surface area contributed by atoms with Gasteiger partial charge in [-0.3, -0.25) is 0 Å². The summed E-state index contributed by atoms with van der Waals surface area (Å²) < 4.78 is 0. The van der Waals surface area contributed by atoms with Crippen LogP contribution in [0.4, 0.5) is 0 Å². The minimum atomic E-state index is 0.0114. The molecule has 19 heavy (non-hydrogen) atoms. The highest BCUT2D eigenvalue weighted by atomic mass is 16.3. The zero-order valence-corrected chi connectivity index (χ0v) is 11.5. The number of nitrogens with one attached hydrogen (secondary N) is 2. The highest BCUT2D eigenvalue weighted by Gasteiger charge is 2.43. The van der Waals surface area contributed by atoms with E-state index >= 15 is 0 Å². The van der Waals surface area contributed by atoms with Crippen LogP contribution in [0.15, 0.2) is 18.2 Å². The van der Waals surface area contributed by atoms with Gasteiger partial charge in [-0.05, 0) is 44.5 Å². The number of aryl methyl sites for hydroxylation is 1. The molecule has 4 nitrogen and oxygen atoms in total. The summed E-state index contributed by atoms with van der Waals surface area (Å²) in [4.78, 5) is 7.71. The number of imidazole rings is 1. The Morgan fingerprint density at radius 3 is 2.84 bits per heavy atom. The van der Waals surface area contributed by atoms with Crippen LogP contribution >= 0.6 is 0 Å². The van der Waals surface area contributed by atoms with Crippen molar-refractivity contribution in [2.24, 2.45) is 5.41 Å². The van der Waals surface area contributed by atoms with Crippen LogP contribution in [-0.2, 0) is 0 Å². The van der Waals surface area contributed by atoms with Gasteiger partial charge in [0, 0.05) is 11.5 Å². The molecule has 1 unspecified atom stereocenters. The topological polar surface area (TPSA) is 60.9 Å². The number of hydrogen-bond acceptors (Lipinski definition) is 3. The minimum absolute atomic E-state index is 0.0114. The molecular formula is C15H21N3O. The van der Waals surface area contributed by atoms with Crippen molar-refractivity contribution < 1.29 is 5.11 Å². The monoisotopic (exact) mass is 259 g/mol. The molecule has 0 aliphatic heterocycles. The van der Waals surface area contributed by atoms with E-state index in [4.69, 9.17) is 0 Å². The van der Waals surface area contributed by atoms with Crippen molar-refractivity contribution in [3.05, 3.63) is 29.6 Å². The molecule has 1 saturated carbocycles. The third-order valence-electron chi connectivity index (χ3n) is 4.52. The molecule has 1 aromatic carbocycles. The van der Waals surface area contributed by atoms with Gasteiger partial charge in [-0.15, -0.1) is 0 Å². The molecule has 0 bridgehead atoms. The van der Waals surface area contributed by atoms with Crippen LogP contribution in [0.2, 0.25) is 0 Å². The van der Waals surface area contributed by atoms with Crippen LogP contribution in [0.25, 0.3) is 11.0 Å². The summed E-state index contributed by atoms with van der Waals surface area (Å²) in [5.41, 5.74) is 3.31. The summed E-state index contributed by atoms with van der Waals surface area (Å²) >= 11 is 0. The van der Waals surface area contributed by atoms with Gasteiger partial charge in [0.15, 0.2) is 0 Å². The molecule has 1 aliphatic carbocycles. The van der Waals surface area contributed by atoms with Gasteiger partial charge in [-0.25, -0.2) is 4.98 Å². The molecule has 1 fully saturated rings. The molecule has 1 aromatic heterocycles. The number of aliphatic hydroxyl groups excluding tert-OH is 1. The van der Waals surface area contributed by atoms with E-state index in [-0.39, 0.29) is 18.1 Å². The van der Waals surface area contributed by atoms with E-state index in [1.807, 2.05) is 14.0 Å². The van der Waals surface area contributed by atoms with Crippen molar-refractivity contribution >= 4 is 11.0 Å². The lowest BCUT2D eigenvalue weighted by molar-refractivity contribution is 0.00787. The number of H-pyrrole nitrogens is 1. The number of rotatable bonds is 4. The largest absolute Gasteiger partial charge is 0.396 e. The van der Waals surface area contributed by atoms with Crippen molar-refractivity contribution in [3.8, 4) is 0 Å². The van der Waals surface area contributed by atoms with Gasteiger partial charge in [0.1, 0.15) is 5.82 Å². The molecule has 4 heteroatoms. The van der Waals surface area contributed by atoms with E-state index in [2.05, 4.69) is 33.5 Å². The van der Waals surface area contributed by atoms with Crippen molar-refractivity contribution in [2.75, 3.05) is 13.7 Å². The van der Waals surface area contributed by atoms with Crippen LogP contribution < -0.4 is 5.32 Å². The van der Waals surface area contributed by atoms with E-state index in [0.717, 1.165) is 29.7 Å². The Bertz CT molecular complexity index is 581. The third kappa shape index (κ3) is 1.95. The van der Waals surface area contributed by atoms with E-state index in [1.54, 1.807) is 0 Å². The fourth-order valence-corrected chi connectivity index (χ4v) is 3.33. The van der Waals surface area contributed by atoms with Crippen LogP contribution in [0, 0.1) is 12.3 Å². The van der Waals surface area contributed by atoms with Gasteiger partial charge in [0.2, 0.25) is 0 Å². The molecule has 102 valence electrons. The van der Waals surface area contributed by atoms with Gasteiger partial charge in [0.25, 0.3) is 0 Å². The molecule has 1 aliphatic rings. The maximum Gasteiger partial charge on any atom is 0.104 e. The number of aromatic amines is 1. The zero-order chi connectivity index (χ0) is 13.5. The first-order chi connectivity index (χ1) is 9.18. The smallest absolute Gasteiger partial charge is 0.104 e. The first kappa shape index (κ1) is 12.6. The van der Waals surface area contributed by atoms with E-state index in [9.17, 15) is 5.11 Å². The third-order valence-corrected chi connectivity index (χ3v) is 4.52. The second-order valence-corrected chi connectivity index (χ2v) is 5.69. The molecule has 0 radical (unpaired) electrons. The SMILES string of the molecule is CNC(c1ccc2nc(C)[nH]c2c1)C1(CO)CCC1. The fourth-order valence-electron chi connectivity index (χ4n) is 3.33. The highest BCUT2D eigenvalue weighted by molar-refractivity contribution is 5.76. The zero-order valence-electron chi connectivity index (χ0n) is 11.5. The summed E-state index contributed by atoms with van der Waals surface area (Å²) in [7, 11) is 1.98. The molecule has 2 aromatic rings. The molecule has 3 rings (SSSR count). The lowest BCUT2D eigenvalue weighted by atomic mass is 9.63. The number of fused-ring (bicyclic) bond motifs is 1. The quantitative estimate of drug-likeness (QED) is 0.789. The Morgan fingerprint density at radius 2 is 2.26 bits per heavy atom. The highest BCUT2D eigenvalue weighted by Crippen LogP contribution is 2.49. The van der Waals surface area contributed by atoms with Crippen LogP contribution in [0.3, 0.4) is 0 Å². The van der Waals surface area contributed by atoms with Crippen LogP contribution in [0.5, 0.6) is 0 Å². The van der Waals surface area contributed by atoms with Gasteiger partial charge < -0.3 is 15.4 Å². The van der Waals surface area contributed by atoms with Crippen LogP contribution in [-0.4, -0.2) is 28.7 Å². The van der Waals surface area contributed by atoms with Crippen molar-refractivity contribution in [3.63, 3.8) is 0 Å². The first-order valence-corrected chi connectivity index (χ1v) is 6.93. The van der Waals surface area contributed by atoms with E-state index < -0.39 is 0 Å². The van der Waals surface area contributed by atoms with E-state index in [1.165, 1.54) is 12.0 Å². The number of aliphatic hydroxyl groups is 1. The first-order valence-electron chi connectivity index (χ1n) is 6.93. The number of aromatic nitrogens is 2. The molecule has 0 amide bonds. The second-order valence-electron chi connectivity index (χ2n) is 5.69. The number of hydrogen-bond donors (Lipinski definition) is 3. The second kappa shape index (κ2) is 4.62. The standard InChI is InChI=1S/C15H21N3O/c1-10-17-12-5-4-11(8-13(12)18-10)14(16-2)15(9-19)6-3-7-15/h4-5,8,14,16,19H,3,6-7,9H2,1-2H3,(H,17,18). The summed E-state index contributed by atoms with van der Waals surface area (Å²) in [5.74, 6) is 0.939. The summed E-state index contributed by atoms with van der Waals surface area (Å²) in [6.07, 6.45) is 3.40. The van der Waals surface area contributed by atoms with Crippen molar-refractivity contribution in [1.29, 1.82) is 0 Å². The Labute approximate surface area is 113 Å². The Balaban J connectivity index is 2.01. The predicted molar refractivity (Wildman–Crippen MR) is 76.0 cm³/mol. The fraction of sp³-hybridized carbons (Fsp3) is 0.533. The Morgan fingerprint density at radius 1 is 1.47 bits per heavy atom. The van der Waals surface area contributed by atoms with Crippen molar-refractivity contribution in [1.82, 2.24) is 15.3 Å². The lowest BCUT2D eigenvalue weighted by Crippen LogP contribution is -2.44. The summed E-state index contributed by atoms with van der Waals surface area (Å²) in [6, 6.07) is 6.55. The van der Waals surface area contributed by atoms with Crippen molar-refractivity contribution in [2.45, 2.75) is 32.2 Å². The Kier molecular flexibility index (Phi) is 3.07. The molecule has 0 spiro atoms. The lowest BCUT2D eigenvalue weighted by Gasteiger charge is -2.46. The molecular weight excluding hydrogens is 238 g/mol. The molecule has 1 heterocycles. The van der Waals surface area contributed by atoms with Gasteiger partial charge in [-0.2, -0.15) is 0 Å². The predicted octanol–water partition coefficient (Wildman–Crippen LogP) is 2.29. The maximum atomic E-state index is 9.76. The molecule has 0 saturated heterocycles. The molecule has 3 N–H and O–H groups in total. The Hall–Kier alpha value is -1.39.